The van der Waals surface area contributed by atoms with E-state index < -0.39 is 0 Å². The van der Waals surface area contributed by atoms with Crippen LogP contribution in [0.5, 0.6) is 11.5 Å². The summed E-state index contributed by atoms with van der Waals surface area (Å²) in [5.74, 6) is 0.990. The van der Waals surface area contributed by atoms with Crippen LogP contribution in [-0.2, 0) is 0 Å². The molecule has 0 amide bonds. The third-order valence-electron chi connectivity index (χ3n) is 3.02. The molecular weight excluding hydrogens is 256 g/mol. The zero-order valence-corrected chi connectivity index (χ0v) is 12.1. The Morgan fingerprint density at radius 1 is 1.25 bits per heavy atom. The molecule has 0 N–H and O–H groups in total. The SMILES string of the molecule is COc1cccc(C(=O)c2c(OC)cnn2C(C)C)c1. The summed E-state index contributed by atoms with van der Waals surface area (Å²) in [6.45, 7) is 3.93. The number of carbonyl (C=O) groups excluding carboxylic acids is 1. The maximum Gasteiger partial charge on any atom is 0.214 e. The predicted octanol–water partition coefficient (Wildman–Crippen LogP) is 2.71. The highest BCUT2D eigenvalue weighted by atomic mass is 16.5. The maximum atomic E-state index is 12.7. The van der Waals surface area contributed by atoms with Crippen LogP contribution in [0.3, 0.4) is 0 Å². The number of aromatic nitrogens is 2. The second-order valence-corrected chi connectivity index (χ2v) is 4.66. The van der Waals surface area contributed by atoms with Crippen LogP contribution in [0.25, 0.3) is 0 Å². The minimum atomic E-state index is -0.132. The summed E-state index contributed by atoms with van der Waals surface area (Å²) in [5, 5.41) is 4.22. The highest BCUT2D eigenvalue weighted by molar-refractivity contribution is 6.09. The van der Waals surface area contributed by atoms with Crippen LogP contribution in [0.4, 0.5) is 0 Å². The molecule has 0 spiro atoms. The van der Waals surface area contributed by atoms with E-state index in [2.05, 4.69) is 5.10 Å². The van der Waals surface area contributed by atoms with E-state index in [9.17, 15) is 4.79 Å². The summed E-state index contributed by atoms with van der Waals surface area (Å²) in [4.78, 5) is 12.7. The largest absolute Gasteiger partial charge is 0.497 e. The van der Waals surface area contributed by atoms with Gasteiger partial charge >= 0.3 is 0 Å². The van der Waals surface area contributed by atoms with Crippen LogP contribution in [0.1, 0.15) is 35.9 Å². The maximum absolute atomic E-state index is 12.7. The fraction of sp³-hybridized carbons (Fsp3) is 0.333. The average molecular weight is 274 g/mol. The molecule has 0 saturated heterocycles. The molecule has 2 rings (SSSR count). The third kappa shape index (κ3) is 2.52. The quantitative estimate of drug-likeness (QED) is 0.787. The van der Waals surface area contributed by atoms with Crippen LogP contribution < -0.4 is 9.47 Å². The Hall–Kier alpha value is -2.30. The molecule has 5 nitrogen and oxygen atoms in total. The minimum absolute atomic E-state index is 0.0726. The van der Waals surface area contributed by atoms with Crippen LogP contribution in [0.2, 0.25) is 0 Å². The van der Waals surface area contributed by atoms with E-state index in [1.165, 1.54) is 7.11 Å². The molecule has 1 aromatic heterocycles. The molecule has 20 heavy (non-hydrogen) atoms. The number of rotatable bonds is 5. The second kappa shape index (κ2) is 5.77. The average Bonchev–Trinajstić information content (AvgIpc) is 2.90. The van der Waals surface area contributed by atoms with E-state index in [-0.39, 0.29) is 11.8 Å². The normalized spacial score (nSPS) is 10.7. The first-order valence-electron chi connectivity index (χ1n) is 6.38. The molecule has 0 fully saturated rings. The molecule has 0 aliphatic rings. The van der Waals surface area contributed by atoms with E-state index in [1.807, 2.05) is 13.8 Å². The molecule has 0 aliphatic carbocycles. The van der Waals surface area contributed by atoms with Crippen LogP contribution >= 0.6 is 0 Å². The first-order valence-corrected chi connectivity index (χ1v) is 6.38. The van der Waals surface area contributed by atoms with Gasteiger partial charge in [-0.05, 0) is 26.0 Å². The van der Waals surface area contributed by atoms with Gasteiger partial charge in [0, 0.05) is 11.6 Å². The van der Waals surface area contributed by atoms with E-state index in [4.69, 9.17) is 9.47 Å². The summed E-state index contributed by atoms with van der Waals surface area (Å²) in [7, 11) is 3.10. The zero-order valence-electron chi connectivity index (χ0n) is 12.1. The van der Waals surface area contributed by atoms with E-state index in [0.717, 1.165) is 0 Å². The molecule has 1 heterocycles. The molecule has 106 valence electrons. The van der Waals surface area contributed by atoms with Gasteiger partial charge in [0.25, 0.3) is 0 Å². The monoisotopic (exact) mass is 274 g/mol. The molecule has 0 aliphatic heterocycles. The molecule has 1 aromatic carbocycles. The van der Waals surface area contributed by atoms with E-state index in [0.29, 0.717) is 22.8 Å². The summed E-state index contributed by atoms with van der Waals surface area (Å²) in [5.41, 5.74) is 1.00. The second-order valence-electron chi connectivity index (χ2n) is 4.66. The highest BCUT2D eigenvalue weighted by Crippen LogP contribution is 2.25. The number of carbonyl (C=O) groups is 1. The molecule has 5 heteroatoms. The third-order valence-corrected chi connectivity index (χ3v) is 3.02. The van der Waals surface area contributed by atoms with Crippen molar-refractivity contribution in [2.45, 2.75) is 19.9 Å². The molecule has 0 radical (unpaired) electrons. The highest BCUT2D eigenvalue weighted by Gasteiger charge is 2.22. The number of ether oxygens (including phenoxy) is 2. The van der Waals surface area contributed by atoms with Crippen LogP contribution in [0, 0.1) is 0 Å². The van der Waals surface area contributed by atoms with E-state index in [1.54, 1.807) is 42.3 Å². The van der Waals surface area contributed by atoms with E-state index >= 15 is 0 Å². The van der Waals surface area contributed by atoms with Gasteiger partial charge in [-0.25, -0.2) is 0 Å². The van der Waals surface area contributed by atoms with Gasteiger partial charge in [-0.15, -0.1) is 0 Å². The Morgan fingerprint density at radius 3 is 2.60 bits per heavy atom. The van der Waals surface area contributed by atoms with Crippen molar-refractivity contribution in [2.75, 3.05) is 14.2 Å². The standard InChI is InChI=1S/C15H18N2O3/c1-10(2)17-14(13(20-4)9-16-17)15(18)11-6-5-7-12(8-11)19-3/h5-10H,1-4H3. The Balaban J connectivity index is 2.49. The van der Waals surface area contributed by atoms with Crippen LogP contribution in [0.15, 0.2) is 30.5 Å². The molecule has 0 saturated carbocycles. The first kappa shape index (κ1) is 14.1. The van der Waals surface area contributed by atoms with Crippen molar-refractivity contribution in [3.63, 3.8) is 0 Å². The molecular formula is C15H18N2O3. The molecule has 2 aromatic rings. The predicted molar refractivity (Wildman–Crippen MR) is 75.6 cm³/mol. The van der Waals surface area contributed by atoms with Crippen molar-refractivity contribution in [2.24, 2.45) is 0 Å². The lowest BCUT2D eigenvalue weighted by Gasteiger charge is -2.11. The van der Waals surface area contributed by atoms with Crippen molar-refractivity contribution in [1.82, 2.24) is 9.78 Å². The van der Waals surface area contributed by atoms with Gasteiger partial charge < -0.3 is 9.47 Å². The fourth-order valence-corrected chi connectivity index (χ4v) is 2.00. The Labute approximate surface area is 118 Å². The lowest BCUT2D eigenvalue weighted by atomic mass is 10.1. The first-order chi connectivity index (χ1) is 9.58. The smallest absolute Gasteiger partial charge is 0.214 e. The number of nitrogens with zero attached hydrogens (tertiary/aromatic N) is 2. The lowest BCUT2D eigenvalue weighted by Crippen LogP contribution is -2.14. The summed E-state index contributed by atoms with van der Waals surface area (Å²) < 4.78 is 12.1. The van der Waals surface area contributed by atoms with Gasteiger partial charge in [-0.3, -0.25) is 9.48 Å². The summed E-state index contributed by atoms with van der Waals surface area (Å²) >= 11 is 0. The van der Waals surface area contributed by atoms with Crippen molar-refractivity contribution >= 4 is 5.78 Å². The molecule has 0 unspecified atom stereocenters. The Morgan fingerprint density at radius 2 is 2.00 bits per heavy atom. The van der Waals surface area contributed by atoms with Gasteiger partial charge in [-0.2, -0.15) is 5.10 Å². The number of benzene rings is 1. The van der Waals surface area contributed by atoms with Gasteiger partial charge in [0.15, 0.2) is 11.4 Å². The topological polar surface area (TPSA) is 53.4 Å². The van der Waals surface area contributed by atoms with Gasteiger partial charge in [-0.1, -0.05) is 12.1 Å². The minimum Gasteiger partial charge on any atom is -0.497 e. The number of hydrogen-bond acceptors (Lipinski definition) is 4. The molecule has 0 bridgehead atoms. The van der Waals surface area contributed by atoms with Gasteiger partial charge in [0.1, 0.15) is 5.75 Å². The van der Waals surface area contributed by atoms with Crippen molar-refractivity contribution < 1.29 is 14.3 Å². The summed E-state index contributed by atoms with van der Waals surface area (Å²) in [6.07, 6.45) is 1.56. The Bertz CT molecular complexity index is 617. The summed E-state index contributed by atoms with van der Waals surface area (Å²) in [6, 6.07) is 7.12. The van der Waals surface area contributed by atoms with Gasteiger partial charge in [0.2, 0.25) is 5.78 Å². The number of hydrogen-bond donors (Lipinski definition) is 0. The van der Waals surface area contributed by atoms with Crippen molar-refractivity contribution in [1.29, 1.82) is 0 Å². The number of methoxy groups -OCH3 is 2. The van der Waals surface area contributed by atoms with Gasteiger partial charge in [0.05, 0.1) is 20.4 Å². The zero-order chi connectivity index (χ0) is 14.7. The van der Waals surface area contributed by atoms with Crippen molar-refractivity contribution in [3.05, 3.63) is 41.7 Å². The molecule has 0 atom stereocenters. The Kier molecular flexibility index (Phi) is 4.08. The lowest BCUT2D eigenvalue weighted by molar-refractivity contribution is 0.102. The number of ketones is 1. The van der Waals surface area contributed by atoms with Crippen LogP contribution in [-0.4, -0.2) is 29.8 Å². The van der Waals surface area contributed by atoms with Crippen molar-refractivity contribution in [3.8, 4) is 11.5 Å². The fourth-order valence-electron chi connectivity index (χ4n) is 2.00.